The summed E-state index contributed by atoms with van der Waals surface area (Å²) in [5.41, 5.74) is 5.68. The second-order valence-corrected chi connectivity index (χ2v) is 15.6. The second-order valence-electron chi connectivity index (χ2n) is 15.6. The monoisotopic (exact) mass is 712 g/mol. The maximum absolute atomic E-state index is 12.6. The normalized spacial score (nSPS) is 17.6. The van der Waals surface area contributed by atoms with Crippen LogP contribution in [0.4, 0.5) is 26.9 Å². The van der Waals surface area contributed by atoms with Gasteiger partial charge in [0, 0.05) is 75.5 Å². The van der Waals surface area contributed by atoms with Crippen molar-refractivity contribution in [3.05, 3.63) is 65.9 Å². The van der Waals surface area contributed by atoms with Crippen LogP contribution in [0.2, 0.25) is 0 Å². The third-order valence-corrected chi connectivity index (χ3v) is 9.97. The number of urea groups is 1. The van der Waals surface area contributed by atoms with Crippen molar-refractivity contribution in [1.82, 2.24) is 30.0 Å². The highest BCUT2D eigenvalue weighted by Gasteiger charge is 2.32. The van der Waals surface area contributed by atoms with Gasteiger partial charge in [0.2, 0.25) is 5.95 Å². The van der Waals surface area contributed by atoms with Crippen LogP contribution < -0.4 is 15.5 Å². The molecule has 0 spiro atoms. The molecule has 2 aromatic carbocycles. The van der Waals surface area contributed by atoms with Crippen molar-refractivity contribution in [3.63, 3.8) is 0 Å². The number of amides is 3. The van der Waals surface area contributed by atoms with E-state index in [-0.39, 0.29) is 24.3 Å². The summed E-state index contributed by atoms with van der Waals surface area (Å²) < 4.78 is 11.3. The van der Waals surface area contributed by atoms with Crippen LogP contribution in [-0.2, 0) is 16.0 Å². The SMILES string of the molecule is Cc1cc(-c2ccnc(Nc3ccc(N4CCN(CC5CCN(C(=O)OC(C)(C)C)CC5)CC4)cc3)n2)ccc1CNC(=O)N1CC(OC(C)C)C1. The summed E-state index contributed by atoms with van der Waals surface area (Å²) in [6.45, 7) is 20.3. The number of anilines is 3. The molecule has 3 aliphatic heterocycles. The Kier molecular flexibility index (Phi) is 11.8. The number of piperidine rings is 1. The molecule has 3 aliphatic rings. The molecular weight excluding hydrogens is 656 g/mol. The molecule has 3 aromatic rings. The van der Waals surface area contributed by atoms with Gasteiger partial charge in [-0.05, 0) is 108 Å². The number of ether oxygens (including phenoxy) is 2. The number of carbonyl (C=O) groups excluding carboxylic acids is 2. The molecule has 2 N–H and O–H groups in total. The average molecular weight is 713 g/mol. The van der Waals surface area contributed by atoms with Crippen LogP contribution in [0.3, 0.4) is 0 Å². The fourth-order valence-electron chi connectivity index (χ4n) is 7.05. The summed E-state index contributed by atoms with van der Waals surface area (Å²) in [4.78, 5) is 42.9. The summed E-state index contributed by atoms with van der Waals surface area (Å²) >= 11 is 0. The predicted molar refractivity (Wildman–Crippen MR) is 205 cm³/mol. The van der Waals surface area contributed by atoms with Crippen LogP contribution in [-0.4, -0.2) is 114 Å². The van der Waals surface area contributed by atoms with E-state index in [1.807, 2.05) is 51.7 Å². The van der Waals surface area contributed by atoms with Gasteiger partial charge in [0.1, 0.15) is 5.60 Å². The third kappa shape index (κ3) is 10.1. The number of nitrogens with zero attached hydrogens (tertiary/aromatic N) is 6. The maximum atomic E-state index is 12.6. The Labute approximate surface area is 308 Å². The fraction of sp³-hybridized carbons (Fsp3) is 0.550. The van der Waals surface area contributed by atoms with Crippen molar-refractivity contribution >= 4 is 29.4 Å². The lowest BCUT2D eigenvalue weighted by Gasteiger charge is -2.39. The van der Waals surface area contributed by atoms with E-state index in [1.165, 1.54) is 5.69 Å². The first-order valence-corrected chi connectivity index (χ1v) is 18.8. The number of hydrogen-bond acceptors (Lipinski definition) is 9. The Hall–Kier alpha value is -4.42. The highest BCUT2D eigenvalue weighted by atomic mass is 16.6. The van der Waals surface area contributed by atoms with E-state index in [4.69, 9.17) is 14.5 Å². The van der Waals surface area contributed by atoms with Gasteiger partial charge < -0.3 is 34.8 Å². The number of nitrogens with one attached hydrogen (secondary N) is 2. The number of aryl methyl sites for hydroxylation is 1. The zero-order valence-electron chi connectivity index (χ0n) is 31.7. The third-order valence-electron chi connectivity index (χ3n) is 9.97. The van der Waals surface area contributed by atoms with Gasteiger partial charge in [-0.15, -0.1) is 0 Å². The molecule has 0 unspecified atom stereocenters. The molecule has 3 saturated heterocycles. The molecule has 1 aromatic heterocycles. The molecule has 12 nitrogen and oxygen atoms in total. The zero-order chi connectivity index (χ0) is 36.8. The van der Waals surface area contributed by atoms with Crippen molar-refractivity contribution < 1.29 is 19.1 Å². The Morgan fingerprint density at radius 1 is 0.923 bits per heavy atom. The number of benzene rings is 2. The number of piperazine rings is 1. The van der Waals surface area contributed by atoms with E-state index in [9.17, 15) is 9.59 Å². The Morgan fingerprint density at radius 2 is 1.63 bits per heavy atom. The Bertz CT molecular complexity index is 1650. The highest BCUT2D eigenvalue weighted by Crippen LogP contribution is 2.26. The average Bonchev–Trinajstić information content (AvgIpc) is 3.09. The van der Waals surface area contributed by atoms with Crippen LogP contribution >= 0.6 is 0 Å². The number of hydrogen-bond donors (Lipinski definition) is 2. The van der Waals surface area contributed by atoms with Gasteiger partial charge in [-0.3, -0.25) is 4.90 Å². The topological polar surface area (TPSA) is 115 Å². The lowest BCUT2D eigenvalue weighted by atomic mass is 9.96. The largest absolute Gasteiger partial charge is 0.444 e. The van der Waals surface area contributed by atoms with Crippen LogP contribution in [0, 0.1) is 12.8 Å². The van der Waals surface area contributed by atoms with Gasteiger partial charge >= 0.3 is 12.1 Å². The van der Waals surface area contributed by atoms with E-state index in [1.54, 1.807) is 11.1 Å². The van der Waals surface area contributed by atoms with E-state index >= 15 is 0 Å². The lowest BCUT2D eigenvalue weighted by molar-refractivity contribution is -0.0641. The highest BCUT2D eigenvalue weighted by molar-refractivity contribution is 5.75. The smallest absolute Gasteiger partial charge is 0.410 e. The van der Waals surface area contributed by atoms with E-state index < -0.39 is 5.60 Å². The number of carbonyl (C=O) groups is 2. The standard InChI is InChI=1S/C40H56N8O4/c1-28(2)51-35-26-48(27-35)38(49)42-24-32-8-7-31(23-29(32)3)36-13-16-41-37(44-36)43-33-9-11-34(12-10-33)46-21-19-45(20-22-46)25-30-14-17-47(18-15-30)39(50)52-40(4,5)6/h7-13,16,23,28,30,35H,14-15,17-22,24-27H2,1-6H3,(H,42,49)(H,41,43,44). The van der Waals surface area contributed by atoms with Gasteiger partial charge in [-0.1, -0.05) is 12.1 Å². The second kappa shape index (κ2) is 16.5. The van der Waals surface area contributed by atoms with Crippen LogP contribution in [0.25, 0.3) is 11.3 Å². The first kappa shape index (κ1) is 37.3. The Balaban J connectivity index is 0.939. The molecule has 0 bridgehead atoms. The van der Waals surface area contributed by atoms with E-state index in [0.717, 1.165) is 86.7 Å². The zero-order valence-corrected chi connectivity index (χ0v) is 31.7. The minimum absolute atomic E-state index is 0.0593. The van der Waals surface area contributed by atoms with Gasteiger partial charge in [0.25, 0.3) is 0 Å². The molecule has 3 amide bonds. The van der Waals surface area contributed by atoms with Gasteiger partial charge in [0.15, 0.2) is 0 Å². The minimum atomic E-state index is -0.453. The molecule has 52 heavy (non-hydrogen) atoms. The van der Waals surface area contributed by atoms with Crippen LogP contribution in [0.15, 0.2) is 54.7 Å². The van der Waals surface area contributed by atoms with Crippen molar-refractivity contribution in [2.45, 2.75) is 78.7 Å². The molecule has 12 heteroatoms. The quantitative estimate of drug-likeness (QED) is 0.251. The van der Waals surface area contributed by atoms with E-state index in [2.05, 4.69) is 68.7 Å². The van der Waals surface area contributed by atoms with Crippen LogP contribution in [0.5, 0.6) is 0 Å². The van der Waals surface area contributed by atoms with Crippen molar-refractivity contribution in [2.75, 3.05) is 69.1 Å². The number of aromatic nitrogens is 2. The van der Waals surface area contributed by atoms with Crippen LogP contribution in [0.1, 0.15) is 58.6 Å². The van der Waals surface area contributed by atoms with Gasteiger partial charge in [0.05, 0.1) is 31.0 Å². The molecule has 0 radical (unpaired) electrons. The summed E-state index contributed by atoms with van der Waals surface area (Å²) in [7, 11) is 0. The predicted octanol–water partition coefficient (Wildman–Crippen LogP) is 6.28. The molecule has 3 fully saturated rings. The summed E-state index contributed by atoms with van der Waals surface area (Å²) in [6, 6.07) is 16.5. The first-order valence-electron chi connectivity index (χ1n) is 18.8. The molecule has 4 heterocycles. The maximum Gasteiger partial charge on any atom is 0.410 e. The summed E-state index contributed by atoms with van der Waals surface area (Å²) in [6.07, 6.45) is 3.95. The molecule has 0 saturated carbocycles. The molecule has 0 aliphatic carbocycles. The van der Waals surface area contributed by atoms with Crippen molar-refractivity contribution in [1.29, 1.82) is 0 Å². The molecule has 0 atom stereocenters. The van der Waals surface area contributed by atoms with Gasteiger partial charge in [-0.25, -0.2) is 19.6 Å². The first-order chi connectivity index (χ1) is 24.9. The fourth-order valence-corrected chi connectivity index (χ4v) is 7.05. The summed E-state index contributed by atoms with van der Waals surface area (Å²) in [5.74, 6) is 1.16. The molecule has 6 rings (SSSR count). The van der Waals surface area contributed by atoms with Crippen molar-refractivity contribution in [3.8, 4) is 11.3 Å². The lowest BCUT2D eigenvalue weighted by Crippen LogP contribution is -2.58. The number of likely N-dealkylation sites (tertiary alicyclic amines) is 2. The Morgan fingerprint density at radius 3 is 2.29 bits per heavy atom. The minimum Gasteiger partial charge on any atom is -0.444 e. The molecule has 280 valence electrons. The molecular formula is C40H56N8O4. The van der Waals surface area contributed by atoms with E-state index in [0.29, 0.717) is 31.5 Å². The van der Waals surface area contributed by atoms with Crippen molar-refractivity contribution in [2.24, 2.45) is 5.92 Å². The summed E-state index contributed by atoms with van der Waals surface area (Å²) in [5, 5.41) is 6.41. The number of rotatable bonds is 10. The van der Waals surface area contributed by atoms with Gasteiger partial charge in [-0.2, -0.15) is 0 Å².